The smallest absolute Gasteiger partial charge is 0.132 e. The van der Waals surface area contributed by atoms with Gasteiger partial charge in [0.1, 0.15) is 17.5 Å². The van der Waals surface area contributed by atoms with Crippen LogP contribution in [0, 0.1) is 6.92 Å². The molecule has 0 aromatic carbocycles. The van der Waals surface area contributed by atoms with E-state index < -0.39 is 0 Å². The summed E-state index contributed by atoms with van der Waals surface area (Å²) >= 11 is 1.99. The van der Waals surface area contributed by atoms with E-state index in [9.17, 15) is 0 Å². The molecule has 3 N–H and O–H groups in total. The van der Waals surface area contributed by atoms with Crippen LogP contribution in [-0.4, -0.2) is 27.5 Å². The topological polar surface area (TPSA) is 63.8 Å². The molecule has 17 heavy (non-hydrogen) atoms. The van der Waals surface area contributed by atoms with E-state index in [1.165, 1.54) is 25.7 Å². The fraction of sp³-hybridized carbons (Fsp3) is 0.667. The highest BCUT2D eigenvalue weighted by atomic mass is 32.2. The lowest BCUT2D eigenvalue weighted by Crippen LogP contribution is -2.27. The molecule has 2 rings (SSSR count). The zero-order chi connectivity index (χ0) is 12.3. The Labute approximate surface area is 107 Å². The molecule has 1 aliphatic rings. The summed E-state index contributed by atoms with van der Waals surface area (Å²) in [5, 5.41) is 4.30. The molecule has 0 unspecified atom stereocenters. The van der Waals surface area contributed by atoms with Crippen LogP contribution in [0.5, 0.6) is 0 Å². The number of aryl methyl sites for hydroxylation is 1. The van der Waals surface area contributed by atoms with Crippen LogP contribution in [0.2, 0.25) is 0 Å². The fourth-order valence-corrected chi connectivity index (χ4v) is 3.06. The Kier molecular flexibility index (Phi) is 4.10. The van der Waals surface area contributed by atoms with Gasteiger partial charge in [-0.2, -0.15) is 11.8 Å². The summed E-state index contributed by atoms with van der Waals surface area (Å²) in [4.78, 5) is 8.44. The van der Waals surface area contributed by atoms with Gasteiger partial charge in [-0.3, -0.25) is 0 Å². The van der Waals surface area contributed by atoms with Crippen molar-refractivity contribution in [2.24, 2.45) is 0 Å². The zero-order valence-electron chi connectivity index (χ0n) is 10.4. The minimum absolute atomic E-state index is 0.534. The van der Waals surface area contributed by atoms with Gasteiger partial charge in [0.2, 0.25) is 0 Å². The van der Waals surface area contributed by atoms with Crippen LogP contribution in [0.4, 0.5) is 11.6 Å². The molecule has 1 aromatic rings. The van der Waals surface area contributed by atoms with Crippen LogP contribution in [-0.2, 0) is 0 Å². The van der Waals surface area contributed by atoms with E-state index in [0.717, 1.165) is 16.9 Å². The third-order valence-electron chi connectivity index (χ3n) is 3.22. The van der Waals surface area contributed by atoms with Gasteiger partial charge in [0.15, 0.2) is 0 Å². The average Bonchev–Trinajstić information content (AvgIpc) is 2.28. The number of nitrogens with one attached hydrogen (secondary N) is 1. The third-order valence-corrected chi connectivity index (χ3v) is 4.36. The Morgan fingerprint density at radius 3 is 2.59 bits per heavy atom. The van der Waals surface area contributed by atoms with E-state index in [0.29, 0.717) is 11.9 Å². The van der Waals surface area contributed by atoms with Crippen molar-refractivity contribution in [1.29, 1.82) is 0 Å². The van der Waals surface area contributed by atoms with E-state index in [4.69, 9.17) is 5.73 Å². The maximum Gasteiger partial charge on any atom is 0.132 e. The van der Waals surface area contributed by atoms with Gasteiger partial charge in [-0.25, -0.2) is 9.97 Å². The van der Waals surface area contributed by atoms with Gasteiger partial charge in [-0.05, 0) is 38.9 Å². The molecule has 1 saturated carbocycles. The first-order chi connectivity index (χ1) is 8.17. The van der Waals surface area contributed by atoms with E-state index >= 15 is 0 Å². The second kappa shape index (κ2) is 5.58. The number of hydrogen-bond donors (Lipinski definition) is 2. The number of thioether (sulfide) groups is 1. The van der Waals surface area contributed by atoms with E-state index in [1.807, 2.05) is 24.8 Å². The molecule has 0 aliphatic heterocycles. The van der Waals surface area contributed by atoms with Crippen LogP contribution in [0.1, 0.15) is 31.5 Å². The Balaban J connectivity index is 1.93. The summed E-state index contributed by atoms with van der Waals surface area (Å²) in [6, 6.07) is 2.35. The molecule has 1 heterocycles. The summed E-state index contributed by atoms with van der Waals surface area (Å²) < 4.78 is 0. The van der Waals surface area contributed by atoms with Gasteiger partial charge >= 0.3 is 0 Å². The molecule has 0 amide bonds. The minimum atomic E-state index is 0.534. The lowest BCUT2D eigenvalue weighted by molar-refractivity contribution is 0.472. The van der Waals surface area contributed by atoms with Crippen LogP contribution < -0.4 is 11.1 Å². The second-order valence-corrected chi connectivity index (χ2v) is 5.72. The Hall–Kier alpha value is -0.970. The second-order valence-electron chi connectivity index (χ2n) is 4.58. The van der Waals surface area contributed by atoms with Gasteiger partial charge in [-0.15, -0.1) is 0 Å². The van der Waals surface area contributed by atoms with Crippen molar-refractivity contribution < 1.29 is 0 Å². The number of aromatic nitrogens is 2. The van der Waals surface area contributed by atoms with Crippen molar-refractivity contribution >= 4 is 23.4 Å². The minimum Gasteiger partial charge on any atom is -0.384 e. The third kappa shape index (κ3) is 3.49. The van der Waals surface area contributed by atoms with Crippen molar-refractivity contribution in [3.8, 4) is 0 Å². The molecule has 0 spiro atoms. The normalized spacial score (nSPS) is 24.6. The maximum absolute atomic E-state index is 5.71. The fourth-order valence-electron chi connectivity index (χ4n) is 2.32. The first kappa shape index (κ1) is 12.5. The van der Waals surface area contributed by atoms with Gasteiger partial charge in [0.05, 0.1) is 0 Å². The highest BCUT2D eigenvalue weighted by Gasteiger charge is 2.20. The van der Waals surface area contributed by atoms with Crippen LogP contribution >= 0.6 is 11.8 Å². The lowest BCUT2D eigenvalue weighted by atomic mass is 9.95. The van der Waals surface area contributed by atoms with Gasteiger partial charge in [0, 0.05) is 17.4 Å². The molecular weight excluding hydrogens is 232 g/mol. The summed E-state index contributed by atoms with van der Waals surface area (Å²) in [5.74, 6) is 2.13. The first-order valence-electron chi connectivity index (χ1n) is 6.08. The van der Waals surface area contributed by atoms with Crippen molar-refractivity contribution in [2.75, 3.05) is 17.3 Å². The zero-order valence-corrected chi connectivity index (χ0v) is 11.3. The first-order valence-corrected chi connectivity index (χ1v) is 7.36. The summed E-state index contributed by atoms with van der Waals surface area (Å²) in [7, 11) is 0. The number of anilines is 2. The van der Waals surface area contributed by atoms with Crippen LogP contribution in [0.15, 0.2) is 6.07 Å². The number of nitrogens with two attached hydrogens (primary N) is 1. The molecule has 0 radical (unpaired) electrons. The van der Waals surface area contributed by atoms with Crippen LogP contribution in [0.3, 0.4) is 0 Å². The molecule has 1 aliphatic carbocycles. The van der Waals surface area contributed by atoms with E-state index in [-0.39, 0.29) is 0 Å². The van der Waals surface area contributed by atoms with Crippen molar-refractivity contribution in [1.82, 2.24) is 9.97 Å². The van der Waals surface area contributed by atoms with Crippen molar-refractivity contribution in [3.05, 3.63) is 11.9 Å². The van der Waals surface area contributed by atoms with Gasteiger partial charge in [0.25, 0.3) is 0 Å². The highest BCUT2D eigenvalue weighted by molar-refractivity contribution is 7.99. The van der Waals surface area contributed by atoms with E-state index in [2.05, 4.69) is 21.5 Å². The quantitative estimate of drug-likeness (QED) is 0.865. The number of nitrogens with zero attached hydrogens (tertiary/aromatic N) is 2. The largest absolute Gasteiger partial charge is 0.384 e. The Bertz CT molecular complexity index is 355. The lowest BCUT2D eigenvalue weighted by Gasteiger charge is -2.28. The molecule has 0 atom stereocenters. The summed E-state index contributed by atoms with van der Waals surface area (Å²) in [5.41, 5.74) is 5.71. The average molecular weight is 252 g/mol. The monoisotopic (exact) mass is 252 g/mol. The number of hydrogen-bond acceptors (Lipinski definition) is 5. The summed E-state index contributed by atoms with van der Waals surface area (Å²) in [6.45, 7) is 1.87. The Morgan fingerprint density at radius 1 is 1.29 bits per heavy atom. The maximum atomic E-state index is 5.71. The predicted molar refractivity (Wildman–Crippen MR) is 74.4 cm³/mol. The standard InChI is InChI=1S/C12H20N4S/c1-8-14-11(13)7-12(15-8)16-9-3-5-10(17-2)6-4-9/h7,9-10H,3-6H2,1-2H3,(H3,13,14,15,16). The highest BCUT2D eigenvalue weighted by Crippen LogP contribution is 2.28. The van der Waals surface area contributed by atoms with E-state index in [1.54, 1.807) is 0 Å². The number of rotatable bonds is 3. The molecule has 5 heteroatoms. The molecule has 1 fully saturated rings. The van der Waals surface area contributed by atoms with Crippen molar-refractivity contribution in [3.63, 3.8) is 0 Å². The molecule has 1 aromatic heterocycles. The molecule has 4 nitrogen and oxygen atoms in total. The number of nitrogen functional groups attached to an aromatic ring is 1. The molecule has 0 saturated heterocycles. The van der Waals surface area contributed by atoms with Gasteiger partial charge < -0.3 is 11.1 Å². The summed E-state index contributed by atoms with van der Waals surface area (Å²) in [6.07, 6.45) is 7.21. The Morgan fingerprint density at radius 2 is 2.00 bits per heavy atom. The predicted octanol–water partition coefficient (Wildman–Crippen LogP) is 2.45. The molecule has 0 bridgehead atoms. The SMILES string of the molecule is CSC1CCC(Nc2cc(N)nc(C)n2)CC1. The molecular formula is C12H20N4S. The van der Waals surface area contributed by atoms with Crippen LogP contribution in [0.25, 0.3) is 0 Å². The molecule has 94 valence electrons. The van der Waals surface area contributed by atoms with Gasteiger partial charge in [-0.1, -0.05) is 0 Å². The van der Waals surface area contributed by atoms with Crippen molar-refractivity contribution in [2.45, 2.75) is 43.9 Å².